The molecule has 3 heteroatoms. The summed E-state index contributed by atoms with van der Waals surface area (Å²) < 4.78 is 0. The Morgan fingerprint density at radius 1 is 1.35 bits per heavy atom. The van der Waals surface area contributed by atoms with Crippen LogP contribution in [0.25, 0.3) is 0 Å². The first kappa shape index (κ1) is 12.6. The molecule has 1 heterocycles. The third kappa shape index (κ3) is 3.09. The van der Waals surface area contributed by atoms with Gasteiger partial charge in [-0.25, -0.2) is 0 Å². The number of piperazine rings is 1. The van der Waals surface area contributed by atoms with Gasteiger partial charge in [-0.1, -0.05) is 35.9 Å². The van der Waals surface area contributed by atoms with Crippen molar-refractivity contribution in [3.8, 4) is 0 Å². The Morgan fingerprint density at radius 2 is 2.06 bits per heavy atom. The molecule has 1 saturated heterocycles. The molecule has 2 nitrogen and oxygen atoms in total. The van der Waals surface area contributed by atoms with Crippen LogP contribution in [0.4, 0.5) is 0 Å². The summed E-state index contributed by atoms with van der Waals surface area (Å²) in [5.74, 6) is 0. The van der Waals surface area contributed by atoms with Gasteiger partial charge in [0.05, 0.1) is 0 Å². The predicted octanol–water partition coefficient (Wildman–Crippen LogP) is 2.86. The fraction of sp³-hybridized carbons (Fsp3) is 0.429. The Balaban J connectivity index is 2.21. The minimum atomic E-state index is 0.364. The van der Waals surface area contributed by atoms with Crippen LogP contribution >= 0.6 is 11.6 Å². The molecule has 0 aliphatic carbocycles. The van der Waals surface area contributed by atoms with Crippen molar-refractivity contribution < 1.29 is 0 Å². The lowest BCUT2D eigenvalue weighted by Crippen LogP contribution is -2.45. The smallest absolute Gasteiger partial charge is 0.0453 e. The fourth-order valence-electron chi connectivity index (χ4n) is 2.37. The number of hydrogen-bond donors (Lipinski definition) is 1. The molecule has 2 rings (SSSR count). The van der Waals surface area contributed by atoms with Crippen LogP contribution in [0.2, 0.25) is 5.02 Å². The van der Waals surface area contributed by atoms with Crippen LogP contribution in [0.3, 0.4) is 0 Å². The van der Waals surface area contributed by atoms with Crippen molar-refractivity contribution in [1.29, 1.82) is 0 Å². The zero-order valence-electron chi connectivity index (χ0n) is 10.0. The van der Waals surface area contributed by atoms with Gasteiger partial charge in [-0.3, -0.25) is 4.90 Å². The molecule has 1 aliphatic heterocycles. The Kier molecular flexibility index (Phi) is 4.60. The molecule has 1 aromatic rings. The third-order valence-corrected chi connectivity index (χ3v) is 3.59. The summed E-state index contributed by atoms with van der Waals surface area (Å²) in [6.07, 6.45) is 2.93. The van der Waals surface area contributed by atoms with Crippen LogP contribution in [0.5, 0.6) is 0 Å². The van der Waals surface area contributed by atoms with E-state index >= 15 is 0 Å². The maximum atomic E-state index is 6.30. The lowest BCUT2D eigenvalue weighted by atomic mass is 10.0. The summed E-state index contributed by atoms with van der Waals surface area (Å²) >= 11 is 6.30. The van der Waals surface area contributed by atoms with E-state index in [4.69, 9.17) is 11.6 Å². The number of benzene rings is 1. The molecular weight excluding hydrogens is 232 g/mol. The summed E-state index contributed by atoms with van der Waals surface area (Å²) in [4.78, 5) is 2.49. The number of nitrogens with zero attached hydrogens (tertiary/aromatic N) is 1. The van der Waals surface area contributed by atoms with Gasteiger partial charge in [0, 0.05) is 37.2 Å². The van der Waals surface area contributed by atoms with Gasteiger partial charge >= 0.3 is 0 Å². The zero-order chi connectivity index (χ0) is 12.1. The van der Waals surface area contributed by atoms with Gasteiger partial charge in [-0.05, 0) is 18.1 Å². The first-order valence-electron chi connectivity index (χ1n) is 6.13. The summed E-state index contributed by atoms with van der Waals surface area (Å²) in [5, 5.41) is 4.24. The Hall–Kier alpha value is -0.830. The predicted molar refractivity (Wildman–Crippen MR) is 73.4 cm³/mol. The number of hydrogen-bond acceptors (Lipinski definition) is 2. The summed E-state index contributed by atoms with van der Waals surface area (Å²) in [7, 11) is 0. The van der Waals surface area contributed by atoms with E-state index < -0.39 is 0 Å². The van der Waals surface area contributed by atoms with E-state index in [1.807, 2.05) is 18.2 Å². The topological polar surface area (TPSA) is 15.3 Å². The molecule has 1 aromatic carbocycles. The summed E-state index contributed by atoms with van der Waals surface area (Å²) in [5.41, 5.74) is 1.22. The van der Waals surface area contributed by atoms with E-state index in [1.54, 1.807) is 0 Å². The number of nitrogens with one attached hydrogen (secondary N) is 1. The van der Waals surface area contributed by atoms with Gasteiger partial charge in [-0.2, -0.15) is 0 Å². The van der Waals surface area contributed by atoms with E-state index in [9.17, 15) is 0 Å². The molecule has 0 spiro atoms. The minimum absolute atomic E-state index is 0.364. The first-order chi connectivity index (χ1) is 8.33. The van der Waals surface area contributed by atoms with E-state index in [-0.39, 0.29) is 0 Å². The van der Waals surface area contributed by atoms with Gasteiger partial charge in [0.2, 0.25) is 0 Å². The van der Waals surface area contributed by atoms with Gasteiger partial charge in [0.1, 0.15) is 0 Å². The van der Waals surface area contributed by atoms with E-state index in [2.05, 4.69) is 28.9 Å². The summed E-state index contributed by atoms with van der Waals surface area (Å²) in [6.45, 7) is 8.12. The molecule has 1 N–H and O–H groups in total. The second-order valence-corrected chi connectivity index (χ2v) is 4.75. The molecule has 1 aliphatic rings. The highest BCUT2D eigenvalue weighted by molar-refractivity contribution is 6.31. The van der Waals surface area contributed by atoms with Crippen LogP contribution < -0.4 is 5.32 Å². The summed E-state index contributed by atoms with van der Waals surface area (Å²) in [6, 6.07) is 8.49. The maximum Gasteiger partial charge on any atom is 0.0453 e. The molecule has 92 valence electrons. The Labute approximate surface area is 108 Å². The van der Waals surface area contributed by atoms with E-state index in [0.717, 1.165) is 37.6 Å². The second kappa shape index (κ2) is 6.20. The lowest BCUT2D eigenvalue weighted by Gasteiger charge is -2.35. The molecule has 1 fully saturated rings. The highest BCUT2D eigenvalue weighted by atomic mass is 35.5. The molecule has 0 amide bonds. The van der Waals surface area contributed by atoms with Crippen molar-refractivity contribution in [2.75, 3.05) is 26.2 Å². The standard InChI is InChI=1S/C14H19ClN2/c1-2-5-14(17-10-8-16-9-11-17)12-6-3-4-7-13(12)15/h2-4,6-7,14,16H,1,5,8-11H2/t14-/m1/s1. The molecule has 17 heavy (non-hydrogen) atoms. The highest BCUT2D eigenvalue weighted by Gasteiger charge is 2.22. The van der Waals surface area contributed by atoms with Gasteiger partial charge in [-0.15, -0.1) is 6.58 Å². The zero-order valence-corrected chi connectivity index (χ0v) is 10.8. The Bertz CT molecular complexity index is 372. The van der Waals surface area contributed by atoms with Gasteiger partial charge < -0.3 is 5.32 Å². The lowest BCUT2D eigenvalue weighted by molar-refractivity contribution is 0.174. The van der Waals surface area contributed by atoms with Gasteiger partial charge in [0.25, 0.3) is 0 Å². The fourth-order valence-corrected chi connectivity index (χ4v) is 2.63. The van der Waals surface area contributed by atoms with Crippen LogP contribution in [-0.4, -0.2) is 31.1 Å². The molecular formula is C14H19ClN2. The SMILES string of the molecule is C=CC[C@H](c1ccccc1Cl)N1CCNCC1. The third-order valence-electron chi connectivity index (χ3n) is 3.25. The van der Waals surface area contributed by atoms with Crippen LogP contribution in [0.15, 0.2) is 36.9 Å². The molecule has 0 aromatic heterocycles. The van der Waals surface area contributed by atoms with Crippen molar-refractivity contribution in [2.24, 2.45) is 0 Å². The largest absolute Gasteiger partial charge is 0.314 e. The maximum absolute atomic E-state index is 6.30. The van der Waals surface area contributed by atoms with Crippen molar-refractivity contribution in [2.45, 2.75) is 12.5 Å². The monoisotopic (exact) mass is 250 g/mol. The molecule has 1 atom stereocenters. The van der Waals surface area contributed by atoms with Crippen LogP contribution in [0.1, 0.15) is 18.0 Å². The molecule has 0 radical (unpaired) electrons. The van der Waals surface area contributed by atoms with Crippen molar-refractivity contribution >= 4 is 11.6 Å². The average Bonchev–Trinajstić information content (AvgIpc) is 2.38. The quantitative estimate of drug-likeness (QED) is 0.827. The number of halogens is 1. The van der Waals surface area contributed by atoms with Crippen LogP contribution in [-0.2, 0) is 0 Å². The van der Waals surface area contributed by atoms with E-state index in [1.165, 1.54) is 5.56 Å². The highest BCUT2D eigenvalue weighted by Crippen LogP contribution is 2.30. The second-order valence-electron chi connectivity index (χ2n) is 4.35. The molecule has 0 unspecified atom stereocenters. The van der Waals surface area contributed by atoms with Crippen molar-refractivity contribution in [1.82, 2.24) is 10.2 Å². The van der Waals surface area contributed by atoms with Gasteiger partial charge in [0.15, 0.2) is 0 Å². The van der Waals surface area contributed by atoms with Crippen LogP contribution in [0, 0.1) is 0 Å². The average molecular weight is 251 g/mol. The van der Waals surface area contributed by atoms with Crippen molar-refractivity contribution in [3.05, 3.63) is 47.5 Å². The normalized spacial score (nSPS) is 18.9. The van der Waals surface area contributed by atoms with E-state index in [0.29, 0.717) is 6.04 Å². The Morgan fingerprint density at radius 3 is 2.71 bits per heavy atom. The first-order valence-corrected chi connectivity index (χ1v) is 6.51. The van der Waals surface area contributed by atoms with Crippen molar-refractivity contribution in [3.63, 3.8) is 0 Å². The molecule has 0 bridgehead atoms. The molecule has 0 saturated carbocycles. The number of rotatable bonds is 4. The minimum Gasteiger partial charge on any atom is -0.314 e.